The van der Waals surface area contributed by atoms with Gasteiger partial charge in [0, 0.05) is 0 Å². The quantitative estimate of drug-likeness (QED) is 0.608. The first-order valence-electron chi connectivity index (χ1n) is 3.94. The number of allylic oxidation sites excluding steroid dienone is 1. The van der Waals surface area contributed by atoms with Crippen LogP contribution in [0.1, 0.15) is 18.1 Å². The van der Waals surface area contributed by atoms with Crippen molar-refractivity contribution in [2.75, 3.05) is 0 Å². The number of carbonyl (C=O) groups is 1. The molecule has 0 fully saturated rings. The Bertz CT molecular complexity index is 311. The van der Waals surface area contributed by atoms with Gasteiger partial charge in [-0.15, -0.1) is 0 Å². The van der Waals surface area contributed by atoms with Gasteiger partial charge in [-0.05, 0) is 25.5 Å². The smallest absolute Gasteiger partial charge is 0.152 e. The molecule has 0 aliphatic rings. The molecule has 0 aliphatic carbocycles. The first-order chi connectivity index (χ1) is 5.68. The normalized spacial score (nSPS) is 10.5. The van der Waals surface area contributed by atoms with Crippen LogP contribution in [0.15, 0.2) is 30.3 Å². The Balaban J connectivity index is 2.83. The van der Waals surface area contributed by atoms with E-state index in [1.807, 2.05) is 37.3 Å². The van der Waals surface area contributed by atoms with Gasteiger partial charge in [0.2, 0.25) is 0 Å². The molecule has 0 radical (unpaired) electrons. The van der Waals surface area contributed by atoms with Crippen LogP contribution in [0.25, 0.3) is 6.08 Å². The van der Waals surface area contributed by atoms with Gasteiger partial charge in [0.1, 0.15) is 0 Å². The van der Waals surface area contributed by atoms with Crippen LogP contribution in [0.4, 0.5) is 0 Å². The fourth-order valence-electron chi connectivity index (χ4n) is 0.987. The summed E-state index contributed by atoms with van der Waals surface area (Å²) in [5.41, 5.74) is 2.28. The van der Waals surface area contributed by atoms with Gasteiger partial charge in [0.25, 0.3) is 0 Å². The summed E-state index contributed by atoms with van der Waals surface area (Å²) in [4.78, 5) is 10.6. The number of aryl methyl sites for hydroxylation is 1. The molecule has 1 aromatic carbocycles. The summed E-state index contributed by atoms with van der Waals surface area (Å²) in [5.74, 6) is 0.0801. The molecule has 1 heteroatoms. The number of ketones is 1. The van der Waals surface area contributed by atoms with Gasteiger partial charge in [-0.25, -0.2) is 0 Å². The van der Waals surface area contributed by atoms with Crippen LogP contribution in [0.2, 0.25) is 0 Å². The van der Waals surface area contributed by atoms with Crippen LogP contribution >= 0.6 is 0 Å². The van der Waals surface area contributed by atoms with Gasteiger partial charge in [-0.3, -0.25) is 4.79 Å². The van der Waals surface area contributed by atoms with Crippen molar-refractivity contribution in [3.63, 3.8) is 0 Å². The van der Waals surface area contributed by atoms with E-state index in [1.165, 1.54) is 5.56 Å². The van der Waals surface area contributed by atoms with Gasteiger partial charge in [-0.2, -0.15) is 0 Å². The third-order valence-corrected chi connectivity index (χ3v) is 1.55. The molecular formula is C11H12O. The molecule has 12 heavy (non-hydrogen) atoms. The van der Waals surface area contributed by atoms with Crippen molar-refractivity contribution >= 4 is 11.9 Å². The third kappa shape index (κ3) is 2.70. The summed E-state index contributed by atoms with van der Waals surface area (Å²) in [6, 6.07) is 8.03. The molecular weight excluding hydrogens is 148 g/mol. The van der Waals surface area contributed by atoms with Crippen molar-refractivity contribution in [1.29, 1.82) is 0 Å². The number of rotatable bonds is 2. The number of carbonyl (C=O) groups excluding carboxylic acids is 1. The number of hydrogen-bond acceptors (Lipinski definition) is 1. The lowest BCUT2D eigenvalue weighted by Crippen LogP contribution is -1.80. The van der Waals surface area contributed by atoms with E-state index in [0.717, 1.165) is 5.56 Å². The molecule has 1 rings (SSSR count). The fourth-order valence-corrected chi connectivity index (χ4v) is 0.987. The van der Waals surface area contributed by atoms with E-state index in [-0.39, 0.29) is 5.78 Å². The standard InChI is InChI=1S/C11H12O/c1-9-4-3-5-11(8-9)7-6-10(2)12/h3-8H,1-2H3/b7-6-. The maximum Gasteiger partial charge on any atom is 0.152 e. The van der Waals surface area contributed by atoms with Gasteiger partial charge < -0.3 is 0 Å². The van der Waals surface area contributed by atoms with Crippen LogP contribution in [0.5, 0.6) is 0 Å². The zero-order valence-electron chi connectivity index (χ0n) is 7.37. The van der Waals surface area contributed by atoms with E-state index in [1.54, 1.807) is 13.0 Å². The maximum absolute atomic E-state index is 10.6. The van der Waals surface area contributed by atoms with E-state index in [0.29, 0.717) is 0 Å². The van der Waals surface area contributed by atoms with E-state index < -0.39 is 0 Å². The Labute approximate surface area is 72.7 Å². The van der Waals surface area contributed by atoms with E-state index in [4.69, 9.17) is 0 Å². The molecule has 1 aromatic rings. The van der Waals surface area contributed by atoms with Gasteiger partial charge in [0.15, 0.2) is 5.78 Å². The summed E-state index contributed by atoms with van der Waals surface area (Å²) < 4.78 is 0. The van der Waals surface area contributed by atoms with Gasteiger partial charge >= 0.3 is 0 Å². The van der Waals surface area contributed by atoms with Gasteiger partial charge in [0.05, 0.1) is 0 Å². The second-order valence-corrected chi connectivity index (χ2v) is 2.86. The number of hydrogen-bond donors (Lipinski definition) is 0. The zero-order chi connectivity index (χ0) is 8.97. The molecule has 62 valence electrons. The molecule has 0 amide bonds. The van der Waals surface area contributed by atoms with E-state index in [9.17, 15) is 4.79 Å². The van der Waals surface area contributed by atoms with Crippen molar-refractivity contribution in [2.45, 2.75) is 13.8 Å². The fraction of sp³-hybridized carbons (Fsp3) is 0.182. The number of benzene rings is 1. The van der Waals surface area contributed by atoms with Crippen molar-refractivity contribution < 1.29 is 4.79 Å². The highest BCUT2D eigenvalue weighted by Gasteiger charge is 1.87. The lowest BCUT2D eigenvalue weighted by atomic mass is 10.1. The lowest BCUT2D eigenvalue weighted by Gasteiger charge is -1.93. The van der Waals surface area contributed by atoms with Crippen LogP contribution in [-0.2, 0) is 4.79 Å². The molecule has 1 nitrogen and oxygen atoms in total. The van der Waals surface area contributed by atoms with Crippen molar-refractivity contribution in [3.8, 4) is 0 Å². The van der Waals surface area contributed by atoms with E-state index in [2.05, 4.69) is 0 Å². The van der Waals surface area contributed by atoms with Gasteiger partial charge in [-0.1, -0.05) is 35.9 Å². The monoisotopic (exact) mass is 160 g/mol. The predicted octanol–water partition coefficient (Wildman–Crippen LogP) is 2.60. The highest BCUT2D eigenvalue weighted by molar-refractivity contribution is 5.91. The molecule has 0 aromatic heterocycles. The summed E-state index contributed by atoms with van der Waals surface area (Å²) in [5, 5.41) is 0. The highest BCUT2D eigenvalue weighted by Crippen LogP contribution is 2.05. The lowest BCUT2D eigenvalue weighted by molar-refractivity contribution is -0.112. The first-order valence-corrected chi connectivity index (χ1v) is 3.94. The highest BCUT2D eigenvalue weighted by atomic mass is 16.1. The average molecular weight is 160 g/mol. The Kier molecular flexibility index (Phi) is 2.81. The topological polar surface area (TPSA) is 17.1 Å². The largest absolute Gasteiger partial charge is 0.295 e. The van der Waals surface area contributed by atoms with Crippen LogP contribution in [0, 0.1) is 6.92 Å². The minimum absolute atomic E-state index is 0.0801. The van der Waals surface area contributed by atoms with Crippen LogP contribution in [0.3, 0.4) is 0 Å². The van der Waals surface area contributed by atoms with Crippen LogP contribution < -0.4 is 0 Å². The second kappa shape index (κ2) is 3.86. The Hall–Kier alpha value is -1.37. The molecule has 0 saturated heterocycles. The molecule has 0 bridgehead atoms. The molecule has 0 heterocycles. The molecule has 0 aliphatic heterocycles. The Morgan fingerprint density at radius 3 is 2.75 bits per heavy atom. The minimum atomic E-state index is 0.0801. The minimum Gasteiger partial charge on any atom is -0.295 e. The molecule has 0 saturated carbocycles. The molecule has 0 unspecified atom stereocenters. The first kappa shape index (κ1) is 8.72. The van der Waals surface area contributed by atoms with Crippen LogP contribution in [-0.4, -0.2) is 5.78 Å². The summed E-state index contributed by atoms with van der Waals surface area (Å²) >= 11 is 0. The van der Waals surface area contributed by atoms with Crippen molar-refractivity contribution in [3.05, 3.63) is 41.5 Å². The molecule has 0 N–H and O–H groups in total. The third-order valence-electron chi connectivity index (χ3n) is 1.55. The summed E-state index contributed by atoms with van der Waals surface area (Å²) in [6.45, 7) is 3.58. The Morgan fingerprint density at radius 2 is 2.17 bits per heavy atom. The molecule has 0 spiro atoms. The molecule has 0 atom stereocenters. The maximum atomic E-state index is 10.6. The SMILES string of the molecule is CC(=O)/C=C\c1cccc(C)c1. The Morgan fingerprint density at radius 1 is 1.42 bits per heavy atom. The van der Waals surface area contributed by atoms with Crippen molar-refractivity contribution in [1.82, 2.24) is 0 Å². The van der Waals surface area contributed by atoms with E-state index >= 15 is 0 Å². The average Bonchev–Trinajstić information content (AvgIpc) is 2.01. The second-order valence-electron chi connectivity index (χ2n) is 2.86. The zero-order valence-corrected chi connectivity index (χ0v) is 7.37. The summed E-state index contributed by atoms with van der Waals surface area (Å²) in [6.07, 6.45) is 3.41. The predicted molar refractivity (Wildman–Crippen MR) is 50.9 cm³/mol. The summed E-state index contributed by atoms with van der Waals surface area (Å²) in [7, 11) is 0. The van der Waals surface area contributed by atoms with Crippen molar-refractivity contribution in [2.24, 2.45) is 0 Å².